The molecule has 1 rings (SSSR count). The highest BCUT2D eigenvalue weighted by atomic mass is 19.1. The lowest BCUT2D eigenvalue weighted by Gasteiger charge is -2.04. The minimum atomic E-state index is -0.246. The van der Waals surface area contributed by atoms with Crippen LogP contribution in [0.4, 0.5) is 4.39 Å². The largest absolute Gasteiger partial charge is 0.377 e. The molecule has 0 aliphatic carbocycles. The molecule has 1 aromatic rings. The number of rotatable bonds is 6. The summed E-state index contributed by atoms with van der Waals surface area (Å²) in [5.74, 6) is -0.0893. The van der Waals surface area contributed by atoms with Crippen molar-refractivity contribution in [1.29, 1.82) is 0 Å². The van der Waals surface area contributed by atoms with Crippen molar-refractivity contribution in [3.8, 4) is 0 Å². The number of Topliss-reactive ketones (excluding diaryl/α,β-unsaturated/α-hetero) is 1. The van der Waals surface area contributed by atoms with E-state index in [9.17, 15) is 9.18 Å². The van der Waals surface area contributed by atoms with Crippen molar-refractivity contribution in [1.82, 2.24) is 0 Å². The first kappa shape index (κ1) is 11.9. The molecule has 0 heterocycles. The van der Waals surface area contributed by atoms with E-state index in [-0.39, 0.29) is 18.2 Å². The molecule has 0 bridgehead atoms. The van der Waals surface area contributed by atoms with E-state index in [1.54, 1.807) is 25.1 Å². The lowest BCUT2D eigenvalue weighted by molar-refractivity contribution is -0.117. The van der Waals surface area contributed by atoms with E-state index < -0.39 is 0 Å². The van der Waals surface area contributed by atoms with Crippen LogP contribution in [-0.2, 0) is 16.1 Å². The molecule has 3 heteroatoms. The molecule has 0 fully saturated rings. The van der Waals surface area contributed by atoms with Gasteiger partial charge in [0.15, 0.2) is 0 Å². The second-order valence-electron chi connectivity index (χ2n) is 3.45. The van der Waals surface area contributed by atoms with Crippen molar-refractivity contribution in [2.75, 3.05) is 6.61 Å². The number of carbonyl (C=O) groups excluding carboxylic acids is 1. The van der Waals surface area contributed by atoms with Gasteiger partial charge >= 0.3 is 0 Å². The Morgan fingerprint density at radius 2 is 2.13 bits per heavy atom. The Hall–Kier alpha value is -1.22. The number of ketones is 1. The fraction of sp³-hybridized carbons (Fsp3) is 0.417. The zero-order valence-corrected chi connectivity index (χ0v) is 8.83. The van der Waals surface area contributed by atoms with E-state index in [2.05, 4.69) is 0 Å². The van der Waals surface area contributed by atoms with Crippen LogP contribution in [-0.4, -0.2) is 12.4 Å². The highest BCUT2D eigenvalue weighted by Gasteiger charge is 2.00. The summed E-state index contributed by atoms with van der Waals surface area (Å²) in [6.07, 6.45) is 1.22. The van der Waals surface area contributed by atoms with Crippen molar-refractivity contribution in [2.45, 2.75) is 26.4 Å². The van der Waals surface area contributed by atoms with Crippen molar-refractivity contribution in [2.24, 2.45) is 0 Å². The fourth-order valence-electron chi connectivity index (χ4n) is 1.22. The summed E-state index contributed by atoms with van der Waals surface area (Å²) in [5.41, 5.74) is 0.556. The maximum atomic E-state index is 13.1. The smallest absolute Gasteiger partial charge is 0.129 e. The molecule has 82 valence electrons. The van der Waals surface area contributed by atoms with Crippen molar-refractivity contribution < 1.29 is 13.9 Å². The van der Waals surface area contributed by atoms with Crippen LogP contribution in [0.1, 0.15) is 25.3 Å². The fourth-order valence-corrected chi connectivity index (χ4v) is 1.22. The number of benzene rings is 1. The summed E-state index contributed by atoms with van der Waals surface area (Å²) in [6, 6.07) is 6.53. The maximum Gasteiger partial charge on any atom is 0.129 e. The first-order valence-corrected chi connectivity index (χ1v) is 5.00. The third-order valence-electron chi connectivity index (χ3n) is 2.03. The minimum absolute atomic E-state index is 0.157. The second-order valence-corrected chi connectivity index (χ2v) is 3.45. The molecule has 0 aromatic heterocycles. The van der Waals surface area contributed by atoms with Crippen molar-refractivity contribution in [3.63, 3.8) is 0 Å². The molecule has 0 aliphatic heterocycles. The molecule has 0 radical (unpaired) electrons. The number of hydrogen-bond donors (Lipinski definition) is 0. The van der Waals surface area contributed by atoms with E-state index >= 15 is 0 Å². The van der Waals surface area contributed by atoms with Crippen LogP contribution in [0.3, 0.4) is 0 Å². The standard InChI is InChI=1S/C12H15FO2/c1-10(14)5-4-8-15-9-11-6-2-3-7-12(11)13/h2-3,6-7H,4-5,8-9H2,1H3. The number of carbonyl (C=O) groups is 1. The third kappa shape index (κ3) is 4.70. The molecule has 0 saturated heterocycles. The molecule has 1 aromatic carbocycles. The molecular weight excluding hydrogens is 195 g/mol. The van der Waals surface area contributed by atoms with Crippen molar-refractivity contribution in [3.05, 3.63) is 35.6 Å². The number of halogens is 1. The van der Waals surface area contributed by atoms with Gasteiger partial charge in [-0.2, -0.15) is 0 Å². The van der Waals surface area contributed by atoms with Gasteiger partial charge in [0.2, 0.25) is 0 Å². The zero-order chi connectivity index (χ0) is 11.1. The van der Waals surface area contributed by atoms with Crippen LogP contribution in [0, 0.1) is 5.82 Å². The zero-order valence-electron chi connectivity index (χ0n) is 8.83. The summed E-state index contributed by atoms with van der Waals surface area (Å²) in [4.78, 5) is 10.6. The second kappa shape index (κ2) is 6.30. The Kier molecular flexibility index (Phi) is 4.98. The van der Waals surface area contributed by atoms with Gasteiger partial charge in [0.25, 0.3) is 0 Å². The van der Waals surface area contributed by atoms with Gasteiger partial charge in [0.1, 0.15) is 11.6 Å². The molecule has 0 aliphatic rings. The molecule has 15 heavy (non-hydrogen) atoms. The summed E-state index contributed by atoms with van der Waals surface area (Å²) < 4.78 is 18.4. The van der Waals surface area contributed by atoms with Gasteiger partial charge in [-0.25, -0.2) is 4.39 Å². The number of hydrogen-bond acceptors (Lipinski definition) is 2. The van der Waals surface area contributed by atoms with Crippen LogP contribution in [0.5, 0.6) is 0 Å². The van der Waals surface area contributed by atoms with Crippen molar-refractivity contribution >= 4 is 5.78 Å². The lowest BCUT2D eigenvalue weighted by Crippen LogP contribution is -2.00. The predicted molar refractivity (Wildman–Crippen MR) is 56.0 cm³/mol. The van der Waals surface area contributed by atoms with E-state index in [4.69, 9.17) is 4.74 Å². The SMILES string of the molecule is CC(=O)CCCOCc1ccccc1F. The van der Waals surface area contributed by atoms with Crippen LogP contribution in [0.2, 0.25) is 0 Å². The topological polar surface area (TPSA) is 26.3 Å². The highest BCUT2D eigenvalue weighted by Crippen LogP contribution is 2.07. The van der Waals surface area contributed by atoms with Crippen LogP contribution < -0.4 is 0 Å². The highest BCUT2D eigenvalue weighted by molar-refractivity contribution is 5.75. The normalized spacial score (nSPS) is 10.3. The van der Waals surface area contributed by atoms with E-state index in [1.165, 1.54) is 6.07 Å². The van der Waals surface area contributed by atoms with E-state index in [1.807, 2.05) is 0 Å². The molecule has 0 saturated carbocycles. The Morgan fingerprint density at radius 3 is 2.80 bits per heavy atom. The molecule has 0 amide bonds. The van der Waals surface area contributed by atoms with Gasteiger partial charge in [-0.1, -0.05) is 18.2 Å². The summed E-state index contributed by atoms with van der Waals surface area (Å²) in [5, 5.41) is 0. The molecule has 0 N–H and O–H groups in total. The quantitative estimate of drug-likeness (QED) is 0.675. The molecule has 0 spiro atoms. The molecular formula is C12H15FO2. The Labute approximate surface area is 89.1 Å². The number of ether oxygens (including phenoxy) is 1. The summed E-state index contributed by atoms with van der Waals surface area (Å²) in [7, 11) is 0. The molecule has 0 unspecified atom stereocenters. The molecule has 2 nitrogen and oxygen atoms in total. The predicted octanol–water partition coefficient (Wildman–Crippen LogP) is 2.71. The Bertz CT molecular complexity index is 323. The maximum absolute atomic E-state index is 13.1. The van der Waals surface area contributed by atoms with Gasteiger partial charge in [0, 0.05) is 18.6 Å². The third-order valence-corrected chi connectivity index (χ3v) is 2.03. The first-order chi connectivity index (χ1) is 7.20. The van der Waals surface area contributed by atoms with Crippen LogP contribution >= 0.6 is 0 Å². The van der Waals surface area contributed by atoms with Gasteiger partial charge in [-0.05, 0) is 19.4 Å². The monoisotopic (exact) mass is 210 g/mol. The van der Waals surface area contributed by atoms with E-state index in [0.29, 0.717) is 25.0 Å². The van der Waals surface area contributed by atoms with Crippen LogP contribution in [0.25, 0.3) is 0 Å². The minimum Gasteiger partial charge on any atom is -0.377 e. The summed E-state index contributed by atoms with van der Waals surface area (Å²) in [6.45, 7) is 2.31. The van der Waals surface area contributed by atoms with Gasteiger partial charge < -0.3 is 9.53 Å². The summed E-state index contributed by atoms with van der Waals surface area (Å²) >= 11 is 0. The average molecular weight is 210 g/mol. The van der Waals surface area contributed by atoms with Gasteiger partial charge in [-0.15, -0.1) is 0 Å². The molecule has 0 atom stereocenters. The van der Waals surface area contributed by atoms with Crippen LogP contribution in [0.15, 0.2) is 24.3 Å². The Balaban J connectivity index is 2.21. The van der Waals surface area contributed by atoms with Gasteiger partial charge in [0.05, 0.1) is 6.61 Å². The van der Waals surface area contributed by atoms with Gasteiger partial charge in [-0.3, -0.25) is 0 Å². The average Bonchev–Trinajstić information content (AvgIpc) is 2.20. The first-order valence-electron chi connectivity index (χ1n) is 5.00. The Morgan fingerprint density at radius 1 is 1.40 bits per heavy atom. The lowest BCUT2D eigenvalue weighted by atomic mass is 10.2. The van der Waals surface area contributed by atoms with E-state index in [0.717, 1.165) is 0 Å².